The van der Waals surface area contributed by atoms with Crippen molar-refractivity contribution in [1.82, 2.24) is 0 Å². The highest BCUT2D eigenvalue weighted by atomic mass is 19.4. The summed E-state index contributed by atoms with van der Waals surface area (Å²) in [6, 6.07) is 5.24. The number of alkyl halides is 3. The molecule has 0 unspecified atom stereocenters. The smallest absolute Gasteiger partial charge is 0.374 e. The van der Waals surface area contributed by atoms with Gasteiger partial charge in [-0.05, 0) is 30.2 Å². The fraction of sp³-hybridized carbons (Fsp3) is 0.500. The number of anilines is 1. The standard InChI is InChI=1S/C12H16F3N/c1-9(2)8-16(3)11-6-4-10(5-7-11)12(13,14)15/h4-7,9H,8H2,1-3H3. The number of hydrogen-bond donors (Lipinski definition) is 0. The van der Waals surface area contributed by atoms with Crippen LogP contribution in [0.5, 0.6) is 0 Å². The third-order valence-electron chi connectivity index (χ3n) is 2.27. The fourth-order valence-electron chi connectivity index (χ4n) is 1.56. The molecule has 0 saturated carbocycles. The van der Waals surface area contributed by atoms with Gasteiger partial charge in [-0.15, -0.1) is 0 Å². The Labute approximate surface area is 93.9 Å². The highest BCUT2D eigenvalue weighted by molar-refractivity contribution is 5.47. The van der Waals surface area contributed by atoms with E-state index in [4.69, 9.17) is 0 Å². The predicted molar refractivity (Wildman–Crippen MR) is 59.6 cm³/mol. The molecule has 16 heavy (non-hydrogen) atoms. The van der Waals surface area contributed by atoms with E-state index in [-0.39, 0.29) is 0 Å². The van der Waals surface area contributed by atoms with Gasteiger partial charge in [-0.3, -0.25) is 0 Å². The summed E-state index contributed by atoms with van der Waals surface area (Å²) in [4.78, 5) is 1.95. The van der Waals surface area contributed by atoms with Crippen molar-refractivity contribution < 1.29 is 13.2 Å². The first-order valence-corrected chi connectivity index (χ1v) is 5.19. The predicted octanol–water partition coefficient (Wildman–Crippen LogP) is 3.80. The summed E-state index contributed by atoms with van der Waals surface area (Å²) in [6.07, 6.45) is -4.25. The van der Waals surface area contributed by atoms with Crippen molar-refractivity contribution in [2.45, 2.75) is 20.0 Å². The third-order valence-corrected chi connectivity index (χ3v) is 2.27. The van der Waals surface area contributed by atoms with Crippen LogP contribution in [0.4, 0.5) is 18.9 Å². The van der Waals surface area contributed by atoms with Crippen molar-refractivity contribution in [2.75, 3.05) is 18.5 Å². The van der Waals surface area contributed by atoms with Crippen molar-refractivity contribution in [1.29, 1.82) is 0 Å². The number of benzene rings is 1. The summed E-state index contributed by atoms with van der Waals surface area (Å²) in [7, 11) is 1.88. The number of nitrogens with zero attached hydrogens (tertiary/aromatic N) is 1. The van der Waals surface area contributed by atoms with Crippen molar-refractivity contribution in [2.24, 2.45) is 5.92 Å². The zero-order valence-electron chi connectivity index (χ0n) is 9.67. The Balaban J connectivity index is 2.79. The van der Waals surface area contributed by atoms with Gasteiger partial charge in [0.1, 0.15) is 0 Å². The summed E-state index contributed by atoms with van der Waals surface area (Å²) >= 11 is 0. The van der Waals surface area contributed by atoms with E-state index in [1.165, 1.54) is 12.1 Å². The van der Waals surface area contributed by atoms with E-state index >= 15 is 0 Å². The third kappa shape index (κ3) is 3.43. The maximum Gasteiger partial charge on any atom is 0.416 e. The minimum atomic E-state index is -4.25. The van der Waals surface area contributed by atoms with Crippen LogP contribution in [0.25, 0.3) is 0 Å². The Hall–Kier alpha value is -1.19. The minimum absolute atomic E-state index is 0.479. The van der Waals surface area contributed by atoms with Crippen molar-refractivity contribution in [3.8, 4) is 0 Å². The molecule has 0 saturated heterocycles. The van der Waals surface area contributed by atoms with Crippen molar-refractivity contribution in [3.05, 3.63) is 29.8 Å². The lowest BCUT2D eigenvalue weighted by Crippen LogP contribution is -2.22. The van der Waals surface area contributed by atoms with Crippen LogP contribution in [-0.2, 0) is 6.18 Å². The molecule has 0 aliphatic carbocycles. The van der Waals surface area contributed by atoms with Gasteiger partial charge in [0.2, 0.25) is 0 Å². The average molecular weight is 231 g/mol. The van der Waals surface area contributed by atoms with Crippen molar-refractivity contribution in [3.63, 3.8) is 0 Å². The molecule has 1 rings (SSSR count). The van der Waals surface area contributed by atoms with Crippen LogP contribution >= 0.6 is 0 Å². The second-order valence-corrected chi connectivity index (χ2v) is 4.32. The summed E-state index contributed by atoms with van der Waals surface area (Å²) < 4.78 is 37.0. The Morgan fingerprint density at radius 3 is 2.00 bits per heavy atom. The molecule has 0 N–H and O–H groups in total. The van der Waals surface area contributed by atoms with E-state index in [0.717, 1.165) is 24.4 Å². The van der Waals surface area contributed by atoms with E-state index < -0.39 is 11.7 Å². The lowest BCUT2D eigenvalue weighted by Gasteiger charge is -2.21. The van der Waals surface area contributed by atoms with Gasteiger partial charge in [-0.2, -0.15) is 13.2 Å². The first-order chi connectivity index (χ1) is 7.30. The summed E-state index contributed by atoms with van der Waals surface area (Å²) in [5, 5.41) is 0. The summed E-state index contributed by atoms with van der Waals surface area (Å²) in [6.45, 7) is 4.96. The van der Waals surface area contributed by atoms with Crippen LogP contribution in [0.15, 0.2) is 24.3 Å². The van der Waals surface area contributed by atoms with Gasteiger partial charge in [-0.1, -0.05) is 13.8 Å². The molecule has 0 atom stereocenters. The normalized spacial score (nSPS) is 11.9. The van der Waals surface area contributed by atoms with E-state index in [2.05, 4.69) is 13.8 Å². The van der Waals surface area contributed by atoms with Gasteiger partial charge >= 0.3 is 6.18 Å². The molecule has 0 fully saturated rings. The molecule has 0 aromatic heterocycles. The largest absolute Gasteiger partial charge is 0.416 e. The molecule has 0 amide bonds. The highest BCUT2D eigenvalue weighted by Gasteiger charge is 2.30. The lowest BCUT2D eigenvalue weighted by molar-refractivity contribution is -0.137. The first-order valence-electron chi connectivity index (χ1n) is 5.19. The Morgan fingerprint density at radius 2 is 1.62 bits per heavy atom. The second-order valence-electron chi connectivity index (χ2n) is 4.32. The molecular weight excluding hydrogens is 215 g/mol. The topological polar surface area (TPSA) is 3.24 Å². The van der Waals surface area contributed by atoms with Crippen molar-refractivity contribution >= 4 is 5.69 Å². The van der Waals surface area contributed by atoms with E-state index in [0.29, 0.717) is 5.92 Å². The van der Waals surface area contributed by atoms with E-state index in [1.807, 2.05) is 11.9 Å². The van der Waals surface area contributed by atoms with Crippen LogP contribution in [0.2, 0.25) is 0 Å². The zero-order chi connectivity index (χ0) is 12.3. The monoisotopic (exact) mass is 231 g/mol. The van der Waals surface area contributed by atoms with Crippen LogP contribution < -0.4 is 4.90 Å². The minimum Gasteiger partial charge on any atom is -0.374 e. The number of rotatable bonds is 3. The quantitative estimate of drug-likeness (QED) is 0.764. The molecule has 1 nitrogen and oxygen atoms in total. The van der Waals surface area contributed by atoms with Gasteiger partial charge in [-0.25, -0.2) is 0 Å². The van der Waals surface area contributed by atoms with E-state index in [9.17, 15) is 13.2 Å². The average Bonchev–Trinajstić information content (AvgIpc) is 2.15. The van der Waals surface area contributed by atoms with Gasteiger partial charge in [0.15, 0.2) is 0 Å². The van der Waals surface area contributed by atoms with Gasteiger partial charge < -0.3 is 4.90 Å². The van der Waals surface area contributed by atoms with Gasteiger partial charge in [0.25, 0.3) is 0 Å². The fourth-order valence-corrected chi connectivity index (χ4v) is 1.56. The molecule has 0 heterocycles. The maximum atomic E-state index is 12.3. The molecule has 0 aliphatic rings. The zero-order valence-corrected chi connectivity index (χ0v) is 9.67. The molecule has 0 bridgehead atoms. The van der Waals surface area contributed by atoms with Gasteiger partial charge in [0, 0.05) is 19.3 Å². The van der Waals surface area contributed by atoms with Crippen LogP contribution in [0, 0.1) is 5.92 Å². The number of hydrogen-bond acceptors (Lipinski definition) is 1. The molecule has 0 radical (unpaired) electrons. The Morgan fingerprint density at radius 1 is 1.12 bits per heavy atom. The lowest BCUT2D eigenvalue weighted by atomic mass is 10.1. The van der Waals surface area contributed by atoms with Crippen LogP contribution in [-0.4, -0.2) is 13.6 Å². The molecule has 1 aromatic carbocycles. The van der Waals surface area contributed by atoms with Gasteiger partial charge in [0.05, 0.1) is 5.56 Å². The molecule has 0 aliphatic heterocycles. The SMILES string of the molecule is CC(C)CN(C)c1ccc(C(F)(F)F)cc1. The Bertz CT molecular complexity index is 327. The molecular formula is C12H16F3N. The molecule has 1 aromatic rings. The highest BCUT2D eigenvalue weighted by Crippen LogP contribution is 2.30. The van der Waals surface area contributed by atoms with Crippen LogP contribution in [0.3, 0.4) is 0 Å². The molecule has 4 heteroatoms. The maximum absolute atomic E-state index is 12.3. The van der Waals surface area contributed by atoms with Crippen LogP contribution in [0.1, 0.15) is 19.4 Å². The van der Waals surface area contributed by atoms with E-state index in [1.54, 1.807) is 0 Å². The summed E-state index contributed by atoms with van der Waals surface area (Å²) in [5.41, 5.74) is 0.205. The Kier molecular flexibility index (Phi) is 3.83. The molecule has 0 spiro atoms. The molecule has 90 valence electrons. The summed E-state index contributed by atoms with van der Waals surface area (Å²) in [5.74, 6) is 0.479. The second kappa shape index (κ2) is 4.76. The first kappa shape index (κ1) is 12.9. The number of halogens is 3.